The van der Waals surface area contributed by atoms with Crippen LogP contribution in [0, 0.1) is 0 Å². The Bertz CT molecular complexity index is 449. The lowest BCUT2D eigenvalue weighted by atomic mass is 10.2. The highest BCUT2D eigenvalue weighted by Crippen LogP contribution is 2.24. The predicted molar refractivity (Wildman–Crippen MR) is 78.1 cm³/mol. The molecule has 122 valence electrons. The molecule has 6 nitrogen and oxygen atoms in total. The molecule has 1 aliphatic rings. The zero-order chi connectivity index (χ0) is 15.8. The molecule has 1 aromatic rings. The maximum absolute atomic E-state index is 11.6. The highest BCUT2D eigenvalue weighted by Gasteiger charge is 2.38. The number of hydrogen-bond donors (Lipinski definition) is 0. The second kappa shape index (κ2) is 8.85. The Hall–Kier alpha value is -1.47. The average molecular weight is 310 g/mol. The molecular formula is C16H22O6. The van der Waals surface area contributed by atoms with Crippen LogP contribution in [0.5, 0.6) is 0 Å². The van der Waals surface area contributed by atoms with E-state index in [0.717, 1.165) is 5.56 Å². The van der Waals surface area contributed by atoms with Gasteiger partial charge in [-0.05, 0) is 5.56 Å². The summed E-state index contributed by atoms with van der Waals surface area (Å²) in [6.07, 6.45) is -0.616. The standard InChI is InChI=1S/C16H22O6/c1-18-11-15(17)21-13-8-16(19-2)22-14(13)10-20-9-12-6-4-3-5-7-12/h3-7,13-14,16H,8-11H2,1-2H3/t13-,14+,16?/m0/s1. The van der Waals surface area contributed by atoms with Gasteiger partial charge >= 0.3 is 5.97 Å². The van der Waals surface area contributed by atoms with Gasteiger partial charge in [-0.3, -0.25) is 0 Å². The third-order valence-corrected chi connectivity index (χ3v) is 3.37. The van der Waals surface area contributed by atoms with Gasteiger partial charge in [-0.1, -0.05) is 30.3 Å². The lowest BCUT2D eigenvalue weighted by Gasteiger charge is -2.18. The van der Waals surface area contributed by atoms with Gasteiger partial charge in [0.15, 0.2) is 6.29 Å². The van der Waals surface area contributed by atoms with Crippen molar-refractivity contribution >= 4 is 5.97 Å². The van der Waals surface area contributed by atoms with Gasteiger partial charge < -0.3 is 23.7 Å². The van der Waals surface area contributed by atoms with Crippen molar-refractivity contribution in [2.24, 2.45) is 0 Å². The summed E-state index contributed by atoms with van der Waals surface area (Å²) in [7, 11) is 3.01. The summed E-state index contributed by atoms with van der Waals surface area (Å²) < 4.78 is 26.6. The van der Waals surface area contributed by atoms with Crippen LogP contribution in [0.1, 0.15) is 12.0 Å². The molecule has 1 aliphatic heterocycles. The van der Waals surface area contributed by atoms with E-state index in [2.05, 4.69) is 0 Å². The number of esters is 1. The van der Waals surface area contributed by atoms with Crippen molar-refractivity contribution in [1.29, 1.82) is 0 Å². The number of methoxy groups -OCH3 is 2. The molecule has 1 unspecified atom stereocenters. The number of hydrogen-bond acceptors (Lipinski definition) is 6. The number of carbonyl (C=O) groups excluding carboxylic acids is 1. The Morgan fingerprint density at radius 1 is 1.27 bits per heavy atom. The maximum Gasteiger partial charge on any atom is 0.332 e. The first-order valence-electron chi connectivity index (χ1n) is 7.21. The average Bonchev–Trinajstić information content (AvgIpc) is 2.91. The Kier molecular flexibility index (Phi) is 6.79. The van der Waals surface area contributed by atoms with Crippen molar-refractivity contribution in [1.82, 2.24) is 0 Å². The lowest BCUT2D eigenvalue weighted by molar-refractivity contribution is -0.161. The quantitative estimate of drug-likeness (QED) is 0.679. The summed E-state index contributed by atoms with van der Waals surface area (Å²) in [6.45, 7) is 0.739. The summed E-state index contributed by atoms with van der Waals surface area (Å²) in [5, 5.41) is 0. The van der Waals surface area contributed by atoms with Gasteiger partial charge in [-0.25, -0.2) is 4.79 Å². The van der Waals surface area contributed by atoms with Crippen LogP contribution < -0.4 is 0 Å². The molecule has 1 heterocycles. The molecule has 0 bridgehead atoms. The zero-order valence-electron chi connectivity index (χ0n) is 12.9. The maximum atomic E-state index is 11.6. The van der Waals surface area contributed by atoms with Gasteiger partial charge in [0.2, 0.25) is 0 Å². The van der Waals surface area contributed by atoms with Crippen LogP contribution in [0.3, 0.4) is 0 Å². The number of benzene rings is 1. The minimum absolute atomic E-state index is 0.0776. The normalized spacial score (nSPS) is 24.4. The van der Waals surface area contributed by atoms with Crippen LogP contribution in [0.15, 0.2) is 30.3 Å². The van der Waals surface area contributed by atoms with Crippen molar-refractivity contribution < 1.29 is 28.5 Å². The number of carbonyl (C=O) groups is 1. The molecule has 2 rings (SSSR count). The Labute approximate surface area is 130 Å². The molecule has 1 fully saturated rings. The van der Waals surface area contributed by atoms with Crippen molar-refractivity contribution in [3.8, 4) is 0 Å². The summed E-state index contributed by atoms with van der Waals surface area (Å²) in [6, 6.07) is 9.85. The minimum atomic E-state index is -0.416. The molecule has 0 amide bonds. The molecule has 0 saturated carbocycles. The number of ether oxygens (including phenoxy) is 5. The van der Waals surface area contributed by atoms with Gasteiger partial charge in [-0.2, -0.15) is 0 Å². The van der Waals surface area contributed by atoms with E-state index < -0.39 is 5.97 Å². The second-order valence-electron chi connectivity index (χ2n) is 5.04. The Morgan fingerprint density at radius 3 is 2.73 bits per heavy atom. The molecule has 0 aromatic heterocycles. The Balaban J connectivity index is 1.82. The van der Waals surface area contributed by atoms with E-state index in [1.807, 2.05) is 30.3 Å². The largest absolute Gasteiger partial charge is 0.458 e. The fourth-order valence-electron chi connectivity index (χ4n) is 2.29. The van der Waals surface area contributed by atoms with Crippen LogP contribution in [0.4, 0.5) is 0 Å². The van der Waals surface area contributed by atoms with Gasteiger partial charge in [0.25, 0.3) is 0 Å². The van der Waals surface area contributed by atoms with Crippen molar-refractivity contribution in [3.05, 3.63) is 35.9 Å². The van der Waals surface area contributed by atoms with Crippen LogP contribution in [-0.2, 0) is 35.1 Å². The summed E-state index contributed by atoms with van der Waals surface area (Å²) in [5.74, 6) is -0.416. The minimum Gasteiger partial charge on any atom is -0.458 e. The monoisotopic (exact) mass is 310 g/mol. The van der Waals surface area contributed by atoms with Crippen molar-refractivity contribution in [2.75, 3.05) is 27.4 Å². The van der Waals surface area contributed by atoms with E-state index in [1.165, 1.54) is 7.11 Å². The molecule has 6 heteroatoms. The third kappa shape index (κ3) is 5.06. The molecule has 0 spiro atoms. The molecule has 1 aromatic carbocycles. The van der Waals surface area contributed by atoms with Crippen LogP contribution in [0.25, 0.3) is 0 Å². The van der Waals surface area contributed by atoms with E-state index in [1.54, 1.807) is 7.11 Å². The molecule has 1 saturated heterocycles. The van der Waals surface area contributed by atoms with E-state index in [-0.39, 0.29) is 25.1 Å². The van der Waals surface area contributed by atoms with Gasteiger partial charge in [0, 0.05) is 20.6 Å². The SMILES string of the molecule is COCC(=O)O[C@H]1CC(OC)O[C@@H]1COCc1ccccc1. The highest BCUT2D eigenvalue weighted by atomic mass is 16.7. The van der Waals surface area contributed by atoms with Crippen molar-refractivity contribution in [2.45, 2.75) is 31.5 Å². The summed E-state index contributed by atoms with van der Waals surface area (Å²) in [5.41, 5.74) is 1.08. The topological polar surface area (TPSA) is 63.2 Å². The fraction of sp³-hybridized carbons (Fsp3) is 0.562. The molecular weight excluding hydrogens is 288 g/mol. The molecule has 0 aliphatic carbocycles. The Morgan fingerprint density at radius 2 is 2.05 bits per heavy atom. The van der Waals surface area contributed by atoms with E-state index >= 15 is 0 Å². The van der Waals surface area contributed by atoms with Crippen LogP contribution >= 0.6 is 0 Å². The van der Waals surface area contributed by atoms with Gasteiger partial charge in [-0.15, -0.1) is 0 Å². The first kappa shape index (κ1) is 16.9. The third-order valence-electron chi connectivity index (χ3n) is 3.37. The molecule has 0 N–H and O–H groups in total. The molecule has 22 heavy (non-hydrogen) atoms. The highest BCUT2D eigenvalue weighted by molar-refractivity contribution is 5.70. The molecule has 3 atom stereocenters. The van der Waals surface area contributed by atoms with E-state index in [9.17, 15) is 4.79 Å². The van der Waals surface area contributed by atoms with E-state index in [4.69, 9.17) is 23.7 Å². The fourth-order valence-corrected chi connectivity index (χ4v) is 2.29. The van der Waals surface area contributed by atoms with Crippen LogP contribution in [0.2, 0.25) is 0 Å². The smallest absolute Gasteiger partial charge is 0.332 e. The lowest BCUT2D eigenvalue weighted by Crippen LogP contribution is -2.32. The zero-order valence-corrected chi connectivity index (χ0v) is 12.9. The van der Waals surface area contributed by atoms with Gasteiger partial charge in [0.1, 0.15) is 18.8 Å². The van der Waals surface area contributed by atoms with E-state index in [0.29, 0.717) is 19.6 Å². The summed E-state index contributed by atoms with van der Waals surface area (Å²) in [4.78, 5) is 11.6. The van der Waals surface area contributed by atoms with Gasteiger partial charge in [0.05, 0.1) is 13.2 Å². The summed E-state index contributed by atoms with van der Waals surface area (Å²) >= 11 is 0. The van der Waals surface area contributed by atoms with Crippen molar-refractivity contribution in [3.63, 3.8) is 0 Å². The van der Waals surface area contributed by atoms with Crippen LogP contribution in [-0.4, -0.2) is 51.9 Å². The second-order valence-corrected chi connectivity index (χ2v) is 5.04. The first-order chi connectivity index (χ1) is 10.7. The molecule has 0 radical (unpaired) electrons. The number of rotatable bonds is 8. The predicted octanol–water partition coefficient (Wildman–Crippen LogP) is 1.52. The first-order valence-corrected chi connectivity index (χ1v) is 7.21.